The molecule has 5 N–H and O–H groups in total. The molecule has 0 heterocycles. The van der Waals surface area contributed by atoms with E-state index < -0.39 is 0 Å². The number of nitrogen functional groups attached to an aromatic ring is 2. The van der Waals surface area contributed by atoms with Gasteiger partial charge in [0.2, 0.25) is 0 Å². The van der Waals surface area contributed by atoms with Crippen molar-refractivity contribution in [3.05, 3.63) is 42.0 Å². The lowest BCUT2D eigenvalue weighted by Crippen LogP contribution is -2.14. The monoisotopic (exact) mass is 287 g/mol. The van der Waals surface area contributed by atoms with E-state index in [0.717, 1.165) is 0 Å². The number of hydrogen-bond acceptors (Lipinski definition) is 5. The Hall–Kier alpha value is -2.89. The zero-order chi connectivity index (χ0) is 15.4. The van der Waals surface area contributed by atoms with Crippen LogP contribution in [0, 0.1) is 0 Å². The summed E-state index contributed by atoms with van der Waals surface area (Å²) in [5.74, 6) is 0.796. The van der Waals surface area contributed by atoms with Crippen LogP contribution < -0.4 is 26.3 Å². The number of carbonyl (C=O) groups is 1. The molecule has 0 aromatic heterocycles. The maximum Gasteiger partial charge on any atom is 0.257 e. The van der Waals surface area contributed by atoms with Gasteiger partial charge in [-0.2, -0.15) is 0 Å². The van der Waals surface area contributed by atoms with E-state index in [1.165, 1.54) is 7.11 Å². The number of rotatable bonds is 4. The smallest absolute Gasteiger partial charge is 0.257 e. The highest BCUT2D eigenvalue weighted by Gasteiger charge is 2.13. The molecule has 0 atom stereocenters. The third-order valence-electron chi connectivity index (χ3n) is 2.98. The van der Waals surface area contributed by atoms with Gasteiger partial charge in [0.25, 0.3) is 5.91 Å². The molecule has 0 saturated carbocycles. The molecule has 0 saturated heterocycles. The van der Waals surface area contributed by atoms with E-state index in [4.69, 9.17) is 20.9 Å². The SMILES string of the molecule is COc1ccc(NC(=O)c2ccc(N)cc2N)c(OC)c1. The van der Waals surface area contributed by atoms with Crippen LogP contribution in [0.5, 0.6) is 11.5 Å². The van der Waals surface area contributed by atoms with Gasteiger partial charge in [0.05, 0.1) is 25.5 Å². The van der Waals surface area contributed by atoms with Crippen LogP contribution in [-0.4, -0.2) is 20.1 Å². The summed E-state index contributed by atoms with van der Waals surface area (Å²) in [6.45, 7) is 0. The van der Waals surface area contributed by atoms with Crippen LogP contribution in [0.4, 0.5) is 17.1 Å². The largest absolute Gasteiger partial charge is 0.497 e. The van der Waals surface area contributed by atoms with Crippen molar-refractivity contribution in [3.8, 4) is 11.5 Å². The fraction of sp³-hybridized carbons (Fsp3) is 0.133. The van der Waals surface area contributed by atoms with Crippen LogP contribution in [0.25, 0.3) is 0 Å². The third-order valence-corrected chi connectivity index (χ3v) is 2.98. The molecule has 0 fully saturated rings. The highest BCUT2D eigenvalue weighted by atomic mass is 16.5. The molecule has 110 valence electrons. The maximum atomic E-state index is 12.3. The summed E-state index contributed by atoms with van der Waals surface area (Å²) in [6.07, 6.45) is 0. The number of carbonyl (C=O) groups excluding carboxylic acids is 1. The van der Waals surface area contributed by atoms with Crippen molar-refractivity contribution < 1.29 is 14.3 Å². The van der Waals surface area contributed by atoms with Crippen LogP contribution in [-0.2, 0) is 0 Å². The Balaban J connectivity index is 2.27. The van der Waals surface area contributed by atoms with Crippen LogP contribution in [0.1, 0.15) is 10.4 Å². The van der Waals surface area contributed by atoms with Crippen LogP contribution in [0.15, 0.2) is 36.4 Å². The van der Waals surface area contributed by atoms with Crippen LogP contribution >= 0.6 is 0 Å². The molecule has 0 bridgehead atoms. The van der Waals surface area contributed by atoms with Gasteiger partial charge in [-0.3, -0.25) is 4.79 Å². The second-order valence-corrected chi connectivity index (χ2v) is 4.37. The summed E-state index contributed by atoms with van der Waals surface area (Å²) in [7, 11) is 3.07. The summed E-state index contributed by atoms with van der Waals surface area (Å²) in [5.41, 5.74) is 13.1. The first kappa shape index (κ1) is 14.5. The van der Waals surface area contributed by atoms with Gasteiger partial charge >= 0.3 is 0 Å². The summed E-state index contributed by atoms with van der Waals surface area (Å²) in [4.78, 5) is 12.3. The fourth-order valence-corrected chi connectivity index (χ4v) is 1.88. The van der Waals surface area contributed by atoms with Crippen molar-refractivity contribution in [2.24, 2.45) is 0 Å². The molecule has 21 heavy (non-hydrogen) atoms. The first-order valence-electron chi connectivity index (χ1n) is 6.23. The Morgan fingerprint density at radius 2 is 1.81 bits per heavy atom. The van der Waals surface area contributed by atoms with E-state index in [1.54, 1.807) is 43.5 Å². The lowest BCUT2D eigenvalue weighted by molar-refractivity contribution is 0.102. The van der Waals surface area contributed by atoms with E-state index in [0.29, 0.717) is 34.1 Å². The van der Waals surface area contributed by atoms with Crippen LogP contribution in [0.3, 0.4) is 0 Å². The van der Waals surface area contributed by atoms with Gasteiger partial charge in [-0.1, -0.05) is 0 Å². The molecule has 6 nitrogen and oxygen atoms in total. The molecule has 0 unspecified atom stereocenters. The first-order chi connectivity index (χ1) is 10.0. The van der Waals surface area contributed by atoms with E-state index in [9.17, 15) is 4.79 Å². The molecule has 0 aliphatic rings. The van der Waals surface area contributed by atoms with E-state index >= 15 is 0 Å². The second-order valence-electron chi connectivity index (χ2n) is 4.37. The molecule has 0 spiro atoms. The lowest BCUT2D eigenvalue weighted by atomic mass is 10.1. The van der Waals surface area contributed by atoms with Crippen LogP contribution in [0.2, 0.25) is 0 Å². The number of hydrogen-bond donors (Lipinski definition) is 3. The molecule has 2 aromatic carbocycles. The predicted octanol–water partition coefficient (Wildman–Crippen LogP) is 2.12. The molecular formula is C15H17N3O3. The zero-order valence-electron chi connectivity index (χ0n) is 11.8. The predicted molar refractivity (Wildman–Crippen MR) is 82.8 cm³/mol. The number of amides is 1. The number of benzene rings is 2. The standard InChI is InChI=1S/C15H17N3O3/c1-20-10-4-6-13(14(8-10)21-2)18-15(19)11-5-3-9(16)7-12(11)17/h3-8H,16-17H2,1-2H3,(H,18,19). The minimum absolute atomic E-state index is 0.319. The molecular weight excluding hydrogens is 270 g/mol. The molecule has 0 aliphatic heterocycles. The van der Waals surface area contributed by atoms with Crippen molar-refractivity contribution in [2.75, 3.05) is 31.0 Å². The number of nitrogens with one attached hydrogen (secondary N) is 1. The first-order valence-corrected chi connectivity index (χ1v) is 6.23. The normalized spacial score (nSPS) is 10.0. The van der Waals surface area contributed by atoms with Crippen molar-refractivity contribution in [1.29, 1.82) is 0 Å². The second kappa shape index (κ2) is 6.04. The quantitative estimate of drug-likeness (QED) is 0.748. The minimum Gasteiger partial charge on any atom is -0.497 e. The Morgan fingerprint density at radius 1 is 1.05 bits per heavy atom. The van der Waals surface area contributed by atoms with Gasteiger partial charge in [0.1, 0.15) is 11.5 Å². The summed E-state index contributed by atoms with van der Waals surface area (Å²) < 4.78 is 10.3. The van der Waals surface area contributed by atoms with E-state index in [1.807, 2.05) is 0 Å². The number of ether oxygens (including phenoxy) is 2. The van der Waals surface area contributed by atoms with Gasteiger partial charge in [-0.05, 0) is 30.3 Å². The topological polar surface area (TPSA) is 99.6 Å². The molecule has 0 aliphatic carbocycles. The van der Waals surface area contributed by atoms with Gasteiger partial charge < -0.3 is 26.3 Å². The Morgan fingerprint density at radius 3 is 2.43 bits per heavy atom. The average molecular weight is 287 g/mol. The summed E-state index contributed by atoms with van der Waals surface area (Å²) >= 11 is 0. The highest BCUT2D eigenvalue weighted by molar-refractivity contribution is 6.08. The lowest BCUT2D eigenvalue weighted by Gasteiger charge is -2.12. The minimum atomic E-state index is -0.337. The zero-order valence-corrected chi connectivity index (χ0v) is 11.8. The van der Waals surface area contributed by atoms with Crippen molar-refractivity contribution in [3.63, 3.8) is 0 Å². The summed E-state index contributed by atoms with van der Waals surface area (Å²) in [5, 5.41) is 2.75. The Bertz CT molecular complexity index is 671. The van der Waals surface area contributed by atoms with Gasteiger partial charge in [0.15, 0.2) is 0 Å². The highest BCUT2D eigenvalue weighted by Crippen LogP contribution is 2.29. The van der Waals surface area contributed by atoms with Crippen molar-refractivity contribution in [1.82, 2.24) is 0 Å². The average Bonchev–Trinajstić information content (AvgIpc) is 2.47. The fourth-order valence-electron chi connectivity index (χ4n) is 1.88. The van der Waals surface area contributed by atoms with Gasteiger partial charge in [0, 0.05) is 17.4 Å². The molecule has 6 heteroatoms. The molecule has 1 amide bonds. The summed E-state index contributed by atoms with van der Waals surface area (Å²) in [6, 6.07) is 9.85. The number of anilines is 3. The molecule has 0 radical (unpaired) electrons. The third kappa shape index (κ3) is 3.17. The van der Waals surface area contributed by atoms with Gasteiger partial charge in [-0.15, -0.1) is 0 Å². The van der Waals surface area contributed by atoms with Crippen molar-refractivity contribution >= 4 is 23.0 Å². The molecule has 2 rings (SSSR count). The maximum absolute atomic E-state index is 12.3. The van der Waals surface area contributed by atoms with Gasteiger partial charge in [-0.25, -0.2) is 0 Å². The number of nitrogens with two attached hydrogens (primary N) is 2. The Labute approximate surface area is 122 Å². The van der Waals surface area contributed by atoms with Crippen molar-refractivity contribution in [2.45, 2.75) is 0 Å². The molecule has 2 aromatic rings. The Kier molecular flexibility index (Phi) is 4.18. The van der Waals surface area contributed by atoms with E-state index in [2.05, 4.69) is 5.32 Å². The van der Waals surface area contributed by atoms with E-state index in [-0.39, 0.29) is 5.91 Å². The number of methoxy groups -OCH3 is 2.